The first-order valence-corrected chi connectivity index (χ1v) is 2.58. The molecule has 0 amide bonds. The third-order valence-corrected chi connectivity index (χ3v) is 0.757. The van der Waals surface area contributed by atoms with Crippen molar-refractivity contribution in [3.63, 3.8) is 0 Å². The Morgan fingerprint density at radius 3 is 2.88 bits per heavy atom. The van der Waals surface area contributed by atoms with Crippen LogP contribution in [0.15, 0.2) is 5.09 Å². The zero-order valence-corrected chi connectivity index (χ0v) is 4.92. The fourth-order valence-electron chi connectivity index (χ4n) is 0.421. The van der Waals surface area contributed by atoms with Crippen LogP contribution in [-0.2, 0) is 0 Å². The third-order valence-electron chi connectivity index (χ3n) is 0.757. The van der Waals surface area contributed by atoms with Crippen LogP contribution in [0.25, 0.3) is 0 Å². The molecule has 0 radical (unpaired) electrons. The molecule has 0 spiro atoms. The van der Waals surface area contributed by atoms with Crippen molar-refractivity contribution in [1.82, 2.24) is 0 Å². The molecule has 8 heavy (non-hydrogen) atoms. The molecule has 0 saturated heterocycles. The van der Waals surface area contributed by atoms with E-state index in [1.54, 1.807) is 0 Å². The van der Waals surface area contributed by atoms with Crippen LogP contribution in [0.5, 0.6) is 0 Å². The van der Waals surface area contributed by atoms with Crippen LogP contribution < -0.4 is 5.73 Å². The monoisotopic (exact) mass is 112 g/mol. The third kappa shape index (κ3) is 3.52. The first-order chi connectivity index (χ1) is 3.81. The molecule has 0 atom stereocenters. The maximum absolute atomic E-state index is 9.48. The molecule has 0 aliphatic carbocycles. The molecule has 0 aromatic carbocycles. The van der Waals surface area contributed by atoms with Gasteiger partial charge in [0.1, 0.15) is 0 Å². The first-order valence-electron chi connectivity index (χ1n) is 2.58. The van der Waals surface area contributed by atoms with Gasteiger partial charge in [0, 0.05) is 0 Å². The Morgan fingerprint density at radius 1 is 1.88 bits per heavy atom. The number of rotatable bonds is 3. The van der Waals surface area contributed by atoms with Crippen molar-refractivity contribution in [2.45, 2.75) is 19.8 Å². The Morgan fingerprint density at radius 2 is 2.50 bits per heavy atom. The van der Waals surface area contributed by atoms with Gasteiger partial charge in [-0.2, -0.15) is 0 Å². The average Bonchev–Trinajstić information content (AvgIpc) is 1.68. The van der Waals surface area contributed by atoms with Crippen LogP contribution in [0.1, 0.15) is 19.8 Å². The second kappa shape index (κ2) is 4.49. The van der Waals surface area contributed by atoms with Gasteiger partial charge in [-0.05, 0) is 0 Å². The molecular weight excluding hydrogens is 103 g/mol. The van der Waals surface area contributed by atoms with Gasteiger partial charge in [0.15, 0.2) is 0 Å². The topological polar surface area (TPSA) is 55.4 Å². The van der Waals surface area contributed by atoms with Crippen molar-refractivity contribution in [2.24, 2.45) is 10.8 Å². The van der Waals surface area contributed by atoms with Gasteiger partial charge in [0.05, 0.1) is 0 Å². The summed E-state index contributed by atoms with van der Waals surface area (Å²) < 4.78 is 0. The molecule has 3 nitrogen and oxygen atoms in total. The van der Waals surface area contributed by atoms with Crippen LogP contribution in [0.2, 0.25) is 0 Å². The summed E-state index contributed by atoms with van der Waals surface area (Å²) in [6.45, 7) is 1.99. The fourth-order valence-corrected chi connectivity index (χ4v) is 0.421. The van der Waals surface area contributed by atoms with E-state index in [4.69, 9.17) is 5.73 Å². The van der Waals surface area contributed by atoms with E-state index in [2.05, 4.69) is 5.09 Å². The van der Waals surface area contributed by atoms with Crippen molar-refractivity contribution in [3.05, 3.63) is 4.91 Å². The molecule has 2 N–H and O–H groups in total. The minimum atomic E-state index is 0.558. The van der Waals surface area contributed by atoms with Crippen molar-refractivity contribution >= 4 is 12.6 Å². The summed E-state index contributed by atoms with van der Waals surface area (Å²) in [7, 11) is 1.14. The molecule has 0 rings (SSSR count). The minimum absolute atomic E-state index is 0.558. The molecule has 0 fully saturated rings. The van der Waals surface area contributed by atoms with E-state index in [1.807, 2.05) is 6.92 Å². The van der Waals surface area contributed by atoms with Gasteiger partial charge in [0.25, 0.3) is 0 Å². The molecule has 0 aromatic rings. The van der Waals surface area contributed by atoms with Crippen LogP contribution in [0, 0.1) is 4.91 Å². The normalized spacial score (nSPS) is 10.4. The maximum atomic E-state index is 9.48. The van der Waals surface area contributed by atoms with Gasteiger partial charge in [-0.25, -0.2) is 0 Å². The van der Waals surface area contributed by atoms with E-state index in [9.17, 15) is 4.91 Å². The number of nitroso groups, excluding NO2 is 1. The number of hydrogen-bond acceptors (Lipinski definition) is 3. The summed E-state index contributed by atoms with van der Waals surface area (Å²) in [5.41, 5.74) is 5.82. The van der Waals surface area contributed by atoms with Crippen LogP contribution in [-0.4, -0.2) is 12.6 Å². The van der Waals surface area contributed by atoms with E-state index in [-0.39, 0.29) is 0 Å². The Balaban J connectivity index is 3.44. The fraction of sp³-hybridized carbons (Fsp3) is 0.750. The van der Waals surface area contributed by atoms with E-state index >= 15 is 0 Å². The quantitative estimate of drug-likeness (QED) is 0.420. The summed E-state index contributed by atoms with van der Waals surface area (Å²) >= 11 is 0. The van der Waals surface area contributed by atoms with E-state index < -0.39 is 0 Å². The van der Waals surface area contributed by atoms with Crippen molar-refractivity contribution in [2.75, 3.05) is 0 Å². The summed E-state index contributed by atoms with van der Waals surface area (Å²) in [6.07, 6.45) is 1.71. The Labute approximate surface area is 49.2 Å². The molecule has 0 aromatic heterocycles. The van der Waals surface area contributed by atoms with Gasteiger partial charge in [-0.15, -0.1) is 0 Å². The van der Waals surface area contributed by atoms with Crippen LogP contribution in [0.3, 0.4) is 0 Å². The van der Waals surface area contributed by atoms with Gasteiger partial charge >= 0.3 is 48.1 Å². The van der Waals surface area contributed by atoms with Gasteiger partial charge in [0.2, 0.25) is 0 Å². The van der Waals surface area contributed by atoms with Crippen molar-refractivity contribution in [3.8, 4) is 0 Å². The van der Waals surface area contributed by atoms with Crippen LogP contribution >= 0.6 is 0 Å². The average molecular weight is 112 g/mol. The second-order valence-electron chi connectivity index (χ2n) is 1.56. The molecule has 4 heteroatoms. The predicted molar refractivity (Wildman–Crippen MR) is 35.7 cm³/mol. The molecular formula is C4H9BN2O. The molecule has 0 aliphatic heterocycles. The zero-order valence-electron chi connectivity index (χ0n) is 4.92. The van der Waals surface area contributed by atoms with E-state index in [0.29, 0.717) is 5.59 Å². The van der Waals surface area contributed by atoms with E-state index in [1.165, 1.54) is 0 Å². The summed E-state index contributed by atoms with van der Waals surface area (Å²) in [4.78, 5) is 9.48. The molecule has 0 unspecified atom stereocenters. The molecule has 0 aliphatic rings. The second-order valence-corrected chi connectivity index (χ2v) is 1.56. The van der Waals surface area contributed by atoms with Crippen molar-refractivity contribution < 1.29 is 0 Å². The summed E-state index contributed by atoms with van der Waals surface area (Å²) in [6, 6.07) is 0. The number of hydrogen-bond donors (Lipinski definition) is 1. The first kappa shape index (κ1) is 7.33. The molecule has 44 valence electrons. The predicted octanol–water partition coefficient (Wildman–Crippen LogP) is 0.261. The van der Waals surface area contributed by atoms with Gasteiger partial charge in [-0.1, -0.05) is 0 Å². The van der Waals surface area contributed by atoms with Gasteiger partial charge < -0.3 is 0 Å². The summed E-state index contributed by atoms with van der Waals surface area (Å²) in [5, 5.41) is 2.52. The number of nitrogens with two attached hydrogens (primary N) is 1. The van der Waals surface area contributed by atoms with Crippen molar-refractivity contribution in [1.29, 1.82) is 0 Å². The van der Waals surface area contributed by atoms with Crippen LogP contribution in [0.4, 0.5) is 0 Å². The molecule has 0 bridgehead atoms. The van der Waals surface area contributed by atoms with E-state index in [0.717, 1.165) is 19.9 Å². The molecule has 0 saturated carbocycles. The Hall–Kier alpha value is -0.665. The Bertz CT molecular complexity index is 102. The molecule has 0 heterocycles. The zero-order chi connectivity index (χ0) is 6.41. The Kier molecular flexibility index (Phi) is 4.12. The summed E-state index contributed by atoms with van der Waals surface area (Å²) in [5.74, 6) is 0. The number of nitrogens with zero attached hydrogens (tertiary/aromatic N) is 1. The standard InChI is InChI=1S/C4H9BN2O/c1-2-3-4(6)5-7-8/h2-3,6H2,1H3. The SMILES string of the molecule is CCCC(N)=BN=O. The van der Waals surface area contributed by atoms with Gasteiger partial charge in [-0.3, -0.25) is 0 Å².